The molecule has 0 saturated carbocycles. The molecule has 1 aromatic heterocycles. The Morgan fingerprint density at radius 1 is 1.09 bits per heavy atom. The van der Waals surface area contributed by atoms with Gasteiger partial charge in [0.15, 0.2) is 0 Å². The molecule has 0 unspecified atom stereocenters. The summed E-state index contributed by atoms with van der Waals surface area (Å²) < 4.78 is 5.52. The van der Waals surface area contributed by atoms with Gasteiger partial charge in [-0.2, -0.15) is 5.10 Å². The van der Waals surface area contributed by atoms with E-state index in [4.69, 9.17) is 4.74 Å². The minimum absolute atomic E-state index is 0.215. The average molecular weight is 294 g/mol. The van der Waals surface area contributed by atoms with Crippen LogP contribution >= 0.6 is 0 Å². The molecule has 0 aliphatic rings. The van der Waals surface area contributed by atoms with Crippen LogP contribution in [0.15, 0.2) is 48.7 Å². The number of hydrogen-bond acceptors (Lipinski definition) is 3. The highest BCUT2D eigenvalue weighted by Crippen LogP contribution is 2.39. The maximum Gasteiger partial charge on any atom is 0.131 e. The van der Waals surface area contributed by atoms with E-state index in [0.717, 1.165) is 27.9 Å². The molecule has 0 spiro atoms. The maximum atomic E-state index is 10.5. The van der Waals surface area contributed by atoms with Gasteiger partial charge >= 0.3 is 0 Å². The third-order valence-electron chi connectivity index (χ3n) is 3.67. The van der Waals surface area contributed by atoms with E-state index in [9.17, 15) is 5.11 Å². The molecule has 3 aromatic rings. The Hall–Kier alpha value is -2.75. The summed E-state index contributed by atoms with van der Waals surface area (Å²) in [5, 5.41) is 17.6. The first-order valence-corrected chi connectivity index (χ1v) is 7.27. The molecule has 0 radical (unpaired) electrons. The van der Waals surface area contributed by atoms with Crippen molar-refractivity contribution in [1.29, 1.82) is 0 Å². The molecule has 0 amide bonds. The highest BCUT2D eigenvalue weighted by molar-refractivity contribution is 5.84. The molecule has 0 saturated heterocycles. The number of aromatic amines is 1. The summed E-state index contributed by atoms with van der Waals surface area (Å²) in [6, 6.07) is 13.7. The molecule has 3 rings (SSSR count). The number of H-pyrrole nitrogens is 1. The van der Waals surface area contributed by atoms with Crippen molar-refractivity contribution < 1.29 is 9.84 Å². The molecule has 0 fully saturated rings. The number of nitrogens with zero attached hydrogens (tertiary/aromatic N) is 1. The van der Waals surface area contributed by atoms with E-state index in [1.165, 1.54) is 0 Å². The van der Waals surface area contributed by atoms with E-state index in [-0.39, 0.29) is 5.75 Å². The second-order valence-electron chi connectivity index (χ2n) is 5.04. The Kier molecular flexibility index (Phi) is 3.83. The lowest BCUT2D eigenvalue weighted by Crippen LogP contribution is -1.95. The van der Waals surface area contributed by atoms with Gasteiger partial charge in [-0.15, -0.1) is 0 Å². The summed E-state index contributed by atoms with van der Waals surface area (Å²) in [6.45, 7) is 4.34. The van der Waals surface area contributed by atoms with Crippen LogP contribution in [0, 0.1) is 6.92 Å². The number of nitrogens with one attached hydrogen (secondary N) is 1. The van der Waals surface area contributed by atoms with E-state index < -0.39 is 0 Å². The zero-order valence-electron chi connectivity index (χ0n) is 12.6. The van der Waals surface area contributed by atoms with Crippen molar-refractivity contribution in [3.8, 4) is 33.9 Å². The standard InChI is InChI=1S/C18H18N2O2/c1-3-22-16-10-9-14(18(21)12(16)2)17-15(11-19-20-17)13-7-5-4-6-8-13/h4-11,21H,3H2,1-2H3,(H,19,20). The lowest BCUT2D eigenvalue weighted by Gasteiger charge is -2.12. The van der Waals surface area contributed by atoms with Gasteiger partial charge in [0, 0.05) is 16.7 Å². The number of aromatic hydroxyl groups is 1. The van der Waals surface area contributed by atoms with Crippen LogP contribution in [-0.4, -0.2) is 21.9 Å². The smallest absolute Gasteiger partial charge is 0.131 e. The minimum atomic E-state index is 0.215. The van der Waals surface area contributed by atoms with E-state index in [2.05, 4.69) is 10.2 Å². The molecule has 0 atom stereocenters. The highest BCUT2D eigenvalue weighted by atomic mass is 16.5. The lowest BCUT2D eigenvalue weighted by molar-refractivity contribution is 0.335. The van der Waals surface area contributed by atoms with Crippen LogP contribution in [0.4, 0.5) is 0 Å². The van der Waals surface area contributed by atoms with E-state index in [1.807, 2.05) is 56.3 Å². The lowest BCUT2D eigenvalue weighted by atomic mass is 9.99. The predicted molar refractivity (Wildman–Crippen MR) is 87.0 cm³/mol. The summed E-state index contributed by atoms with van der Waals surface area (Å²) in [4.78, 5) is 0. The SMILES string of the molecule is CCOc1ccc(-c2[nH]ncc2-c2ccccc2)c(O)c1C. The van der Waals surface area contributed by atoms with Crippen LogP contribution in [0.5, 0.6) is 11.5 Å². The van der Waals surface area contributed by atoms with Gasteiger partial charge in [-0.25, -0.2) is 0 Å². The minimum Gasteiger partial charge on any atom is -0.507 e. The van der Waals surface area contributed by atoms with Gasteiger partial charge in [0.25, 0.3) is 0 Å². The van der Waals surface area contributed by atoms with Gasteiger partial charge in [0.05, 0.1) is 18.5 Å². The van der Waals surface area contributed by atoms with Crippen molar-refractivity contribution in [2.24, 2.45) is 0 Å². The second kappa shape index (κ2) is 5.93. The number of benzene rings is 2. The molecular formula is C18H18N2O2. The largest absolute Gasteiger partial charge is 0.507 e. The fraction of sp³-hybridized carbons (Fsp3) is 0.167. The molecule has 4 nitrogen and oxygen atoms in total. The zero-order chi connectivity index (χ0) is 15.5. The molecule has 22 heavy (non-hydrogen) atoms. The zero-order valence-corrected chi connectivity index (χ0v) is 12.6. The Balaban J connectivity index is 2.10. The molecule has 2 N–H and O–H groups in total. The van der Waals surface area contributed by atoms with Crippen molar-refractivity contribution >= 4 is 0 Å². The monoisotopic (exact) mass is 294 g/mol. The van der Waals surface area contributed by atoms with Crippen molar-refractivity contribution in [3.05, 3.63) is 54.2 Å². The Morgan fingerprint density at radius 3 is 2.59 bits per heavy atom. The normalized spacial score (nSPS) is 10.6. The summed E-state index contributed by atoms with van der Waals surface area (Å²) >= 11 is 0. The first kappa shape index (κ1) is 14.2. The molecule has 112 valence electrons. The summed E-state index contributed by atoms with van der Waals surface area (Å²) in [7, 11) is 0. The van der Waals surface area contributed by atoms with Crippen LogP contribution in [0.1, 0.15) is 12.5 Å². The van der Waals surface area contributed by atoms with Gasteiger partial charge < -0.3 is 9.84 Å². The number of hydrogen-bond donors (Lipinski definition) is 2. The van der Waals surface area contributed by atoms with Gasteiger partial charge in [-0.1, -0.05) is 30.3 Å². The first-order chi connectivity index (χ1) is 10.7. The fourth-order valence-electron chi connectivity index (χ4n) is 2.52. The summed E-state index contributed by atoms with van der Waals surface area (Å²) in [5.41, 5.74) is 4.26. The number of aromatic nitrogens is 2. The average Bonchev–Trinajstić information content (AvgIpc) is 3.02. The van der Waals surface area contributed by atoms with E-state index in [0.29, 0.717) is 12.4 Å². The number of ether oxygens (including phenoxy) is 1. The maximum absolute atomic E-state index is 10.5. The van der Waals surface area contributed by atoms with Crippen LogP contribution in [-0.2, 0) is 0 Å². The number of phenols is 1. The predicted octanol–water partition coefficient (Wildman–Crippen LogP) is 4.16. The van der Waals surface area contributed by atoms with Gasteiger partial charge in [0.2, 0.25) is 0 Å². The van der Waals surface area contributed by atoms with Crippen molar-refractivity contribution in [3.63, 3.8) is 0 Å². The van der Waals surface area contributed by atoms with Gasteiger partial charge in [0.1, 0.15) is 11.5 Å². The van der Waals surface area contributed by atoms with Crippen LogP contribution in [0.2, 0.25) is 0 Å². The highest BCUT2D eigenvalue weighted by Gasteiger charge is 2.16. The van der Waals surface area contributed by atoms with E-state index in [1.54, 1.807) is 6.20 Å². The molecule has 0 aliphatic heterocycles. The molecule has 0 bridgehead atoms. The van der Waals surface area contributed by atoms with E-state index >= 15 is 0 Å². The van der Waals surface area contributed by atoms with Gasteiger partial charge in [-0.05, 0) is 31.5 Å². The second-order valence-corrected chi connectivity index (χ2v) is 5.04. The van der Waals surface area contributed by atoms with Crippen molar-refractivity contribution in [2.75, 3.05) is 6.61 Å². The molecule has 2 aromatic carbocycles. The number of phenolic OH excluding ortho intramolecular Hbond substituents is 1. The summed E-state index contributed by atoms with van der Waals surface area (Å²) in [6.07, 6.45) is 1.77. The Labute approximate surface area is 129 Å². The number of rotatable bonds is 4. The quantitative estimate of drug-likeness (QED) is 0.759. The Bertz CT molecular complexity index is 779. The topological polar surface area (TPSA) is 58.1 Å². The molecular weight excluding hydrogens is 276 g/mol. The van der Waals surface area contributed by atoms with Crippen molar-refractivity contribution in [1.82, 2.24) is 10.2 Å². The molecule has 4 heteroatoms. The Morgan fingerprint density at radius 2 is 1.86 bits per heavy atom. The van der Waals surface area contributed by atoms with Crippen molar-refractivity contribution in [2.45, 2.75) is 13.8 Å². The first-order valence-electron chi connectivity index (χ1n) is 7.27. The third-order valence-corrected chi connectivity index (χ3v) is 3.67. The van der Waals surface area contributed by atoms with Crippen LogP contribution < -0.4 is 4.74 Å². The molecule has 1 heterocycles. The fourth-order valence-corrected chi connectivity index (χ4v) is 2.52. The van der Waals surface area contributed by atoms with Crippen LogP contribution in [0.3, 0.4) is 0 Å². The van der Waals surface area contributed by atoms with Gasteiger partial charge in [-0.3, -0.25) is 5.10 Å². The summed E-state index contributed by atoms with van der Waals surface area (Å²) in [5.74, 6) is 0.914. The molecule has 0 aliphatic carbocycles. The van der Waals surface area contributed by atoms with Crippen LogP contribution in [0.25, 0.3) is 22.4 Å². The third kappa shape index (κ3) is 2.44.